The molecule has 126 valence electrons. The second-order valence-electron chi connectivity index (χ2n) is 7.00. The zero-order chi connectivity index (χ0) is 15.2. The summed E-state index contributed by atoms with van der Waals surface area (Å²) in [5.41, 5.74) is 0. The molecular weight excluding hydrogens is 256 g/mol. The molecule has 1 aliphatic carbocycles. The van der Waals surface area contributed by atoms with E-state index >= 15 is 0 Å². The zero-order valence-corrected chi connectivity index (χ0v) is 14.8. The van der Waals surface area contributed by atoms with Crippen molar-refractivity contribution in [2.45, 2.75) is 96.4 Å². The maximum absolute atomic E-state index is 3.62. The first-order chi connectivity index (χ1) is 10.3. The lowest BCUT2D eigenvalue weighted by Crippen LogP contribution is -2.35. The number of nitrogens with zero attached hydrogens (tertiary/aromatic N) is 1. The van der Waals surface area contributed by atoms with Crippen molar-refractivity contribution in [3.63, 3.8) is 0 Å². The van der Waals surface area contributed by atoms with E-state index in [1.54, 1.807) is 0 Å². The van der Waals surface area contributed by atoms with Crippen molar-refractivity contribution < 1.29 is 0 Å². The van der Waals surface area contributed by atoms with Crippen LogP contribution in [0.5, 0.6) is 0 Å². The van der Waals surface area contributed by atoms with E-state index in [9.17, 15) is 0 Å². The number of hydrogen-bond donors (Lipinski definition) is 1. The fraction of sp³-hybridized carbons (Fsp3) is 1.00. The Balaban J connectivity index is 1.79. The van der Waals surface area contributed by atoms with Crippen molar-refractivity contribution in [3.05, 3.63) is 0 Å². The third kappa shape index (κ3) is 10.3. The van der Waals surface area contributed by atoms with Crippen LogP contribution in [0.15, 0.2) is 0 Å². The predicted octanol–water partition coefficient (Wildman–Crippen LogP) is 4.98. The van der Waals surface area contributed by atoms with E-state index < -0.39 is 0 Å². The smallest absolute Gasteiger partial charge is 0.00922 e. The first kappa shape index (κ1) is 19.0. The molecule has 0 aromatic heterocycles. The highest BCUT2D eigenvalue weighted by molar-refractivity contribution is 4.73. The second kappa shape index (κ2) is 13.6. The Labute approximate surface area is 134 Å². The number of rotatable bonds is 13. The van der Waals surface area contributed by atoms with Crippen molar-refractivity contribution in [3.8, 4) is 0 Å². The standard InChI is InChI=1S/C19H40N2/c1-3-4-5-6-7-8-12-16-20-17-13-18-21(2)19-14-10-9-11-15-19/h19-20H,3-18H2,1-2H3. The molecule has 1 aliphatic rings. The van der Waals surface area contributed by atoms with Crippen LogP contribution in [0.1, 0.15) is 90.4 Å². The molecule has 2 heteroatoms. The highest BCUT2D eigenvalue weighted by atomic mass is 15.1. The Hall–Kier alpha value is -0.0800. The van der Waals surface area contributed by atoms with Gasteiger partial charge in [-0.1, -0.05) is 64.7 Å². The molecule has 0 radical (unpaired) electrons. The van der Waals surface area contributed by atoms with E-state index in [1.165, 1.54) is 103 Å². The lowest BCUT2D eigenvalue weighted by Gasteiger charge is -2.31. The summed E-state index contributed by atoms with van der Waals surface area (Å²) in [7, 11) is 2.33. The van der Waals surface area contributed by atoms with Gasteiger partial charge in [0.15, 0.2) is 0 Å². The van der Waals surface area contributed by atoms with Gasteiger partial charge in [-0.2, -0.15) is 0 Å². The topological polar surface area (TPSA) is 15.3 Å². The Morgan fingerprint density at radius 1 is 0.810 bits per heavy atom. The Morgan fingerprint density at radius 3 is 2.14 bits per heavy atom. The molecular formula is C19H40N2. The highest BCUT2D eigenvalue weighted by Crippen LogP contribution is 2.21. The maximum atomic E-state index is 3.62. The van der Waals surface area contributed by atoms with Crippen molar-refractivity contribution in [1.29, 1.82) is 0 Å². The largest absolute Gasteiger partial charge is 0.317 e. The Morgan fingerprint density at radius 2 is 1.43 bits per heavy atom. The van der Waals surface area contributed by atoms with Gasteiger partial charge < -0.3 is 10.2 Å². The third-order valence-electron chi connectivity index (χ3n) is 5.02. The van der Waals surface area contributed by atoms with Crippen LogP contribution in [0.25, 0.3) is 0 Å². The lowest BCUT2D eigenvalue weighted by molar-refractivity contribution is 0.189. The average Bonchev–Trinajstić information content (AvgIpc) is 2.53. The van der Waals surface area contributed by atoms with Crippen LogP contribution in [0.3, 0.4) is 0 Å². The predicted molar refractivity (Wildman–Crippen MR) is 95.0 cm³/mol. The molecule has 0 saturated heterocycles. The van der Waals surface area contributed by atoms with Gasteiger partial charge in [0.05, 0.1) is 0 Å². The summed E-state index contributed by atoms with van der Waals surface area (Å²) in [5.74, 6) is 0. The molecule has 0 bridgehead atoms. The van der Waals surface area contributed by atoms with Gasteiger partial charge in [-0.05, 0) is 52.4 Å². The second-order valence-corrected chi connectivity index (χ2v) is 7.00. The van der Waals surface area contributed by atoms with E-state index in [-0.39, 0.29) is 0 Å². The molecule has 0 heterocycles. The quantitative estimate of drug-likeness (QED) is 0.482. The van der Waals surface area contributed by atoms with E-state index in [0.29, 0.717) is 0 Å². The van der Waals surface area contributed by atoms with Crippen LogP contribution in [-0.2, 0) is 0 Å². The average molecular weight is 297 g/mol. The Kier molecular flexibility index (Phi) is 12.3. The van der Waals surface area contributed by atoms with Gasteiger partial charge in [-0.25, -0.2) is 0 Å². The van der Waals surface area contributed by atoms with Crippen molar-refractivity contribution in [2.75, 3.05) is 26.7 Å². The van der Waals surface area contributed by atoms with Crippen LogP contribution in [-0.4, -0.2) is 37.6 Å². The van der Waals surface area contributed by atoms with Crippen molar-refractivity contribution >= 4 is 0 Å². The molecule has 0 unspecified atom stereocenters. The minimum Gasteiger partial charge on any atom is -0.317 e. The van der Waals surface area contributed by atoms with Crippen LogP contribution in [0, 0.1) is 0 Å². The van der Waals surface area contributed by atoms with Gasteiger partial charge in [-0.15, -0.1) is 0 Å². The van der Waals surface area contributed by atoms with E-state index in [1.807, 2.05) is 0 Å². The van der Waals surface area contributed by atoms with Gasteiger partial charge in [0, 0.05) is 6.04 Å². The summed E-state index contributed by atoms with van der Waals surface area (Å²) < 4.78 is 0. The molecule has 0 atom stereocenters. The number of nitrogens with one attached hydrogen (secondary N) is 1. The molecule has 0 aromatic rings. The zero-order valence-electron chi connectivity index (χ0n) is 14.8. The molecule has 2 nitrogen and oxygen atoms in total. The molecule has 0 aliphatic heterocycles. The minimum absolute atomic E-state index is 0.877. The van der Waals surface area contributed by atoms with Gasteiger partial charge in [-0.3, -0.25) is 0 Å². The van der Waals surface area contributed by atoms with Crippen molar-refractivity contribution in [1.82, 2.24) is 10.2 Å². The van der Waals surface area contributed by atoms with E-state index in [2.05, 4.69) is 24.2 Å². The Bertz CT molecular complexity index is 212. The SMILES string of the molecule is CCCCCCCCCNCCCN(C)C1CCCCC1. The van der Waals surface area contributed by atoms with Gasteiger partial charge in [0.1, 0.15) is 0 Å². The molecule has 1 saturated carbocycles. The summed E-state index contributed by atoms with van der Waals surface area (Å²) in [4.78, 5) is 2.61. The van der Waals surface area contributed by atoms with Crippen LogP contribution in [0.4, 0.5) is 0 Å². The van der Waals surface area contributed by atoms with Crippen LogP contribution in [0.2, 0.25) is 0 Å². The molecule has 1 fully saturated rings. The summed E-state index contributed by atoms with van der Waals surface area (Å²) in [5, 5.41) is 3.62. The molecule has 21 heavy (non-hydrogen) atoms. The fourth-order valence-corrected chi connectivity index (χ4v) is 3.49. The number of unbranched alkanes of at least 4 members (excludes halogenated alkanes) is 6. The summed E-state index contributed by atoms with van der Waals surface area (Å²) in [6.07, 6.45) is 18.4. The molecule has 1 N–H and O–H groups in total. The maximum Gasteiger partial charge on any atom is 0.00922 e. The third-order valence-corrected chi connectivity index (χ3v) is 5.02. The molecule has 1 rings (SSSR count). The summed E-state index contributed by atoms with van der Waals surface area (Å²) in [6, 6.07) is 0.877. The monoisotopic (exact) mass is 296 g/mol. The fourth-order valence-electron chi connectivity index (χ4n) is 3.49. The lowest BCUT2D eigenvalue weighted by atomic mass is 9.94. The van der Waals surface area contributed by atoms with E-state index in [0.717, 1.165) is 6.04 Å². The van der Waals surface area contributed by atoms with Gasteiger partial charge in [0.25, 0.3) is 0 Å². The van der Waals surface area contributed by atoms with Gasteiger partial charge in [0.2, 0.25) is 0 Å². The normalized spacial score (nSPS) is 16.7. The van der Waals surface area contributed by atoms with Gasteiger partial charge >= 0.3 is 0 Å². The van der Waals surface area contributed by atoms with Crippen LogP contribution < -0.4 is 5.32 Å². The highest BCUT2D eigenvalue weighted by Gasteiger charge is 2.16. The van der Waals surface area contributed by atoms with Crippen molar-refractivity contribution in [2.24, 2.45) is 0 Å². The first-order valence-corrected chi connectivity index (χ1v) is 9.75. The minimum atomic E-state index is 0.877. The number of hydrogen-bond acceptors (Lipinski definition) is 2. The van der Waals surface area contributed by atoms with Crippen LogP contribution >= 0.6 is 0 Å². The molecule has 0 spiro atoms. The molecule has 0 amide bonds. The summed E-state index contributed by atoms with van der Waals surface area (Å²) in [6.45, 7) is 5.98. The molecule has 0 aromatic carbocycles. The summed E-state index contributed by atoms with van der Waals surface area (Å²) >= 11 is 0. The first-order valence-electron chi connectivity index (χ1n) is 9.75. The van der Waals surface area contributed by atoms with E-state index in [4.69, 9.17) is 0 Å².